The molecule has 2 unspecified atom stereocenters. The molecular weight excluding hydrogens is 256 g/mol. The lowest BCUT2D eigenvalue weighted by Crippen LogP contribution is -2.51. The minimum absolute atomic E-state index is 0.333. The summed E-state index contributed by atoms with van der Waals surface area (Å²) in [4.78, 5) is 25.0. The average molecular weight is 276 g/mol. The molecule has 1 aliphatic heterocycles. The highest BCUT2D eigenvalue weighted by molar-refractivity contribution is 5.92. The number of carboxylic acid groups (broad SMARTS) is 1. The number of carboxylic acids is 1. The zero-order chi connectivity index (χ0) is 14.7. The molecule has 1 aromatic carbocycles. The van der Waals surface area contributed by atoms with Crippen molar-refractivity contribution in [1.29, 1.82) is 0 Å². The van der Waals surface area contributed by atoms with Crippen LogP contribution in [0.3, 0.4) is 0 Å². The van der Waals surface area contributed by atoms with Crippen molar-refractivity contribution in [3.63, 3.8) is 0 Å². The van der Waals surface area contributed by atoms with Gasteiger partial charge in [-0.3, -0.25) is 0 Å². The topological polar surface area (TPSA) is 69.6 Å². The first-order valence-electron chi connectivity index (χ1n) is 6.84. The van der Waals surface area contributed by atoms with E-state index in [9.17, 15) is 14.7 Å². The van der Waals surface area contributed by atoms with Crippen LogP contribution in [0.25, 0.3) is 0 Å². The molecule has 2 amide bonds. The molecule has 5 nitrogen and oxygen atoms in total. The molecule has 0 spiro atoms. The molecule has 108 valence electrons. The van der Waals surface area contributed by atoms with E-state index in [0.29, 0.717) is 24.6 Å². The molecule has 1 saturated heterocycles. The third-order valence-electron chi connectivity index (χ3n) is 3.68. The van der Waals surface area contributed by atoms with Gasteiger partial charge < -0.3 is 15.3 Å². The van der Waals surface area contributed by atoms with Gasteiger partial charge in [0.1, 0.15) is 6.04 Å². The SMILES string of the molecule is Cc1cccc(NC(=O)N2CCC(C)CC2C(=O)O)c1. The monoisotopic (exact) mass is 276 g/mol. The second-order valence-corrected chi connectivity index (χ2v) is 5.48. The number of piperidine rings is 1. The van der Waals surface area contributed by atoms with Gasteiger partial charge in [0.2, 0.25) is 0 Å². The highest BCUT2D eigenvalue weighted by atomic mass is 16.4. The molecule has 0 aromatic heterocycles. The molecule has 1 aliphatic rings. The van der Waals surface area contributed by atoms with Crippen LogP contribution in [0.2, 0.25) is 0 Å². The Hall–Kier alpha value is -2.04. The van der Waals surface area contributed by atoms with Crippen LogP contribution in [-0.4, -0.2) is 34.6 Å². The van der Waals surface area contributed by atoms with Crippen LogP contribution in [0, 0.1) is 12.8 Å². The maximum Gasteiger partial charge on any atom is 0.326 e. The maximum atomic E-state index is 12.3. The van der Waals surface area contributed by atoms with Gasteiger partial charge in [-0.05, 0) is 43.4 Å². The van der Waals surface area contributed by atoms with Gasteiger partial charge >= 0.3 is 12.0 Å². The van der Waals surface area contributed by atoms with E-state index >= 15 is 0 Å². The summed E-state index contributed by atoms with van der Waals surface area (Å²) in [7, 11) is 0. The van der Waals surface area contributed by atoms with Gasteiger partial charge in [0.05, 0.1) is 0 Å². The third kappa shape index (κ3) is 3.29. The summed E-state index contributed by atoms with van der Waals surface area (Å²) in [6.45, 7) is 4.44. The molecule has 1 aromatic rings. The lowest BCUT2D eigenvalue weighted by Gasteiger charge is -2.35. The van der Waals surface area contributed by atoms with Crippen LogP contribution >= 0.6 is 0 Å². The van der Waals surface area contributed by atoms with E-state index < -0.39 is 12.0 Å². The largest absolute Gasteiger partial charge is 0.480 e. The third-order valence-corrected chi connectivity index (χ3v) is 3.68. The summed E-state index contributed by atoms with van der Waals surface area (Å²) in [6.07, 6.45) is 1.35. The molecular formula is C15H20N2O3. The second kappa shape index (κ2) is 5.94. The number of likely N-dealkylation sites (tertiary alicyclic amines) is 1. The number of hydrogen-bond donors (Lipinski definition) is 2. The van der Waals surface area contributed by atoms with Gasteiger partial charge in [-0.1, -0.05) is 19.1 Å². The van der Waals surface area contributed by atoms with Gasteiger partial charge in [-0.15, -0.1) is 0 Å². The van der Waals surface area contributed by atoms with Gasteiger partial charge in [0.25, 0.3) is 0 Å². The van der Waals surface area contributed by atoms with Crippen molar-refractivity contribution in [2.45, 2.75) is 32.7 Å². The van der Waals surface area contributed by atoms with Gasteiger partial charge in [0.15, 0.2) is 0 Å². The number of carbonyl (C=O) groups excluding carboxylic acids is 1. The molecule has 0 aliphatic carbocycles. The van der Waals surface area contributed by atoms with Crippen molar-refractivity contribution in [3.05, 3.63) is 29.8 Å². The van der Waals surface area contributed by atoms with Crippen LogP contribution in [0.1, 0.15) is 25.3 Å². The summed E-state index contributed by atoms with van der Waals surface area (Å²) >= 11 is 0. The first-order valence-corrected chi connectivity index (χ1v) is 6.84. The minimum atomic E-state index is -0.934. The van der Waals surface area contributed by atoms with Crippen molar-refractivity contribution < 1.29 is 14.7 Å². The number of amides is 2. The molecule has 0 saturated carbocycles. The van der Waals surface area contributed by atoms with Crippen molar-refractivity contribution >= 4 is 17.7 Å². The summed E-state index contributed by atoms with van der Waals surface area (Å²) in [5, 5.41) is 12.0. The van der Waals surface area contributed by atoms with Crippen molar-refractivity contribution in [1.82, 2.24) is 4.90 Å². The van der Waals surface area contributed by atoms with Gasteiger partial charge in [-0.2, -0.15) is 0 Å². The fraction of sp³-hybridized carbons (Fsp3) is 0.467. The zero-order valence-corrected chi connectivity index (χ0v) is 11.8. The maximum absolute atomic E-state index is 12.3. The standard InChI is InChI=1S/C15H20N2O3/c1-10-4-3-5-12(8-10)16-15(20)17-7-6-11(2)9-13(17)14(18)19/h3-5,8,11,13H,6-7,9H2,1-2H3,(H,16,20)(H,18,19). The molecule has 20 heavy (non-hydrogen) atoms. The lowest BCUT2D eigenvalue weighted by molar-refractivity contribution is -0.143. The zero-order valence-electron chi connectivity index (χ0n) is 11.8. The molecule has 2 rings (SSSR count). The van der Waals surface area contributed by atoms with Gasteiger partial charge in [0, 0.05) is 12.2 Å². The normalized spacial score (nSPS) is 22.4. The molecule has 0 radical (unpaired) electrons. The van der Waals surface area contributed by atoms with Crippen molar-refractivity contribution in [2.75, 3.05) is 11.9 Å². The predicted molar refractivity (Wildman–Crippen MR) is 76.7 cm³/mol. The van der Waals surface area contributed by atoms with Crippen molar-refractivity contribution in [3.8, 4) is 0 Å². The van der Waals surface area contributed by atoms with E-state index in [4.69, 9.17) is 0 Å². The number of hydrogen-bond acceptors (Lipinski definition) is 2. The highest BCUT2D eigenvalue weighted by Gasteiger charge is 2.34. The Labute approximate surface area is 118 Å². The Morgan fingerprint density at radius 2 is 2.15 bits per heavy atom. The number of aryl methyl sites for hydroxylation is 1. The Bertz CT molecular complexity index is 516. The minimum Gasteiger partial charge on any atom is -0.480 e. The predicted octanol–water partition coefficient (Wildman–Crippen LogP) is 2.71. The van der Waals surface area contributed by atoms with Crippen LogP contribution in [0.15, 0.2) is 24.3 Å². The van der Waals surface area contributed by atoms with Crippen molar-refractivity contribution in [2.24, 2.45) is 5.92 Å². The van der Waals surface area contributed by atoms with E-state index in [2.05, 4.69) is 5.32 Å². The molecule has 1 fully saturated rings. The van der Waals surface area contributed by atoms with E-state index in [1.54, 1.807) is 6.07 Å². The number of benzene rings is 1. The fourth-order valence-electron chi connectivity index (χ4n) is 2.54. The smallest absolute Gasteiger partial charge is 0.326 e. The average Bonchev–Trinajstić information content (AvgIpc) is 2.38. The lowest BCUT2D eigenvalue weighted by atomic mass is 9.93. The number of nitrogens with zero attached hydrogens (tertiary/aromatic N) is 1. The summed E-state index contributed by atoms with van der Waals surface area (Å²) in [5.74, 6) is -0.602. The highest BCUT2D eigenvalue weighted by Crippen LogP contribution is 2.23. The van der Waals surface area contributed by atoms with Crippen LogP contribution < -0.4 is 5.32 Å². The molecule has 2 atom stereocenters. The van der Waals surface area contributed by atoms with E-state index in [0.717, 1.165) is 12.0 Å². The number of carbonyl (C=O) groups is 2. The first kappa shape index (κ1) is 14.4. The molecule has 1 heterocycles. The Kier molecular flexibility index (Phi) is 4.27. The summed E-state index contributed by atoms with van der Waals surface area (Å²) in [6, 6.07) is 6.39. The first-order chi connectivity index (χ1) is 9.47. The number of aliphatic carboxylic acids is 1. The quantitative estimate of drug-likeness (QED) is 0.872. The Morgan fingerprint density at radius 3 is 2.80 bits per heavy atom. The Balaban J connectivity index is 2.09. The van der Waals surface area contributed by atoms with Crippen LogP contribution in [0.5, 0.6) is 0 Å². The number of rotatable bonds is 2. The molecule has 2 N–H and O–H groups in total. The number of anilines is 1. The Morgan fingerprint density at radius 1 is 1.40 bits per heavy atom. The van der Waals surface area contributed by atoms with Gasteiger partial charge in [-0.25, -0.2) is 9.59 Å². The summed E-state index contributed by atoms with van der Waals surface area (Å²) < 4.78 is 0. The van der Waals surface area contributed by atoms with E-state index in [1.165, 1.54) is 4.90 Å². The van der Waals surface area contributed by atoms with E-state index in [-0.39, 0.29) is 6.03 Å². The number of nitrogens with one attached hydrogen (secondary N) is 1. The molecule has 5 heteroatoms. The molecule has 0 bridgehead atoms. The van der Waals surface area contributed by atoms with Crippen LogP contribution in [-0.2, 0) is 4.79 Å². The number of urea groups is 1. The second-order valence-electron chi connectivity index (χ2n) is 5.48. The fourth-order valence-corrected chi connectivity index (χ4v) is 2.54. The van der Waals surface area contributed by atoms with E-state index in [1.807, 2.05) is 32.0 Å². The summed E-state index contributed by atoms with van der Waals surface area (Å²) in [5.41, 5.74) is 1.74. The van der Waals surface area contributed by atoms with Crippen LogP contribution in [0.4, 0.5) is 10.5 Å².